The molecule has 6 nitrogen and oxygen atoms in total. The van der Waals surface area contributed by atoms with Crippen LogP contribution in [0.5, 0.6) is 0 Å². The minimum Gasteiger partial charge on any atom is -0.444 e. The van der Waals surface area contributed by atoms with Crippen LogP contribution in [0.15, 0.2) is 47.8 Å². The molecule has 146 valence electrons. The second-order valence-electron chi connectivity index (χ2n) is 7.17. The summed E-state index contributed by atoms with van der Waals surface area (Å²) in [5.41, 5.74) is 0.901. The van der Waals surface area contributed by atoms with Crippen LogP contribution in [0.2, 0.25) is 5.02 Å². The van der Waals surface area contributed by atoms with Gasteiger partial charge in [0.05, 0.1) is 35.3 Å². The van der Waals surface area contributed by atoms with Crippen molar-refractivity contribution in [3.63, 3.8) is 0 Å². The SMILES string of the molecule is CC(C)(C)OC(=O)NC=Nc1cc(F)c(Cn2ccc3ccncc32)c(Cl)c1. The second kappa shape index (κ2) is 7.98. The molecule has 0 saturated carbocycles. The Morgan fingerprint density at radius 3 is 2.89 bits per heavy atom. The minimum atomic E-state index is -0.646. The van der Waals surface area contributed by atoms with Crippen molar-refractivity contribution in [2.45, 2.75) is 32.9 Å². The van der Waals surface area contributed by atoms with Crippen LogP contribution >= 0.6 is 11.6 Å². The molecule has 0 radical (unpaired) electrons. The summed E-state index contributed by atoms with van der Waals surface area (Å²) in [7, 11) is 0. The molecule has 1 aromatic carbocycles. The van der Waals surface area contributed by atoms with E-state index in [-0.39, 0.29) is 17.3 Å². The molecule has 2 aromatic heterocycles. The van der Waals surface area contributed by atoms with Gasteiger partial charge in [0.15, 0.2) is 0 Å². The first-order chi connectivity index (χ1) is 13.2. The zero-order chi connectivity index (χ0) is 20.3. The first-order valence-electron chi connectivity index (χ1n) is 8.62. The number of hydrogen-bond acceptors (Lipinski definition) is 4. The van der Waals surface area contributed by atoms with Crippen molar-refractivity contribution in [2.75, 3.05) is 0 Å². The van der Waals surface area contributed by atoms with Crippen LogP contribution in [0.4, 0.5) is 14.9 Å². The second-order valence-corrected chi connectivity index (χ2v) is 7.58. The van der Waals surface area contributed by atoms with Gasteiger partial charge in [-0.25, -0.2) is 14.2 Å². The fourth-order valence-corrected chi connectivity index (χ4v) is 2.88. The van der Waals surface area contributed by atoms with Gasteiger partial charge in [0, 0.05) is 23.3 Å². The number of carbonyl (C=O) groups is 1. The average Bonchev–Trinajstić information content (AvgIpc) is 2.99. The maximum absolute atomic E-state index is 14.6. The summed E-state index contributed by atoms with van der Waals surface area (Å²) in [6, 6.07) is 6.62. The number of amides is 1. The van der Waals surface area contributed by atoms with Crippen LogP contribution < -0.4 is 5.32 Å². The lowest BCUT2D eigenvalue weighted by atomic mass is 10.2. The highest BCUT2D eigenvalue weighted by atomic mass is 35.5. The van der Waals surface area contributed by atoms with E-state index in [9.17, 15) is 9.18 Å². The molecule has 0 fully saturated rings. The number of aromatic nitrogens is 2. The zero-order valence-electron chi connectivity index (χ0n) is 15.7. The first kappa shape index (κ1) is 19.8. The van der Waals surface area contributed by atoms with Crippen molar-refractivity contribution in [3.05, 3.63) is 59.3 Å². The number of halogens is 2. The molecule has 0 aliphatic heterocycles. The van der Waals surface area contributed by atoms with Crippen molar-refractivity contribution < 1.29 is 13.9 Å². The molecule has 0 atom stereocenters. The molecular weight excluding hydrogens is 383 g/mol. The van der Waals surface area contributed by atoms with Gasteiger partial charge in [0.2, 0.25) is 0 Å². The van der Waals surface area contributed by atoms with Gasteiger partial charge < -0.3 is 9.30 Å². The highest BCUT2D eigenvalue weighted by molar-refractivity contribution is 6.31. The van der Waals surface area contributed by atoms with Crippen LogP contribution in [0.1, 0.15) is 26.3 Å². The average molecular weight is 403 g/mol. The van der Waals surface area contributed by atoms with E-state index in [0.29, 0.717) is 5.56 Å². The molecule has 28 heavy (non-hydrogen) atoms. The summed E-state index contributed by atoms with van der Waals surface area (Å²) in [6.07, 6.45) is 5.79. The third-order valence-electron chi connectivity index (χ3n) is 3.83. The number of ether oxygens (including phenoxy) is 1. The molecule has 1 amide bonds. The normalized spacial score (nSPS) is 11.9. The highest BCUT2D eigenvalue weighted by Crippen LogP contribution is 2.28. The number of pyridine rings is 1. The van der Waals surface area contributed by atoms with Crippen molar-refractivity contribution in [1.82, 2.24) is 14.9 Å². The van der Waals surface area contributed by atoms with Crippen molar-refractivity contribution in [1.29, 1.82) is 0 Å². The van der Waals surface area contributed by atoms with Gasteiger partial charge in [0.25, 0.3) is 0 Å². The Hall–Kier alpha value is -2.93. The van der Waals surface area contributed by atoms with E-state index < -0.39 is 17.5 Å². The summed E-state index contributed by atoms with van der Waals surface area (Å²) in [5.74, 6) is -0.484. The van der Waals surface area contributed by atoms with Gasteiger partial charge in [-0.15, -0.1) is 0 Å². The zero-order valence-corrected chi connectivity index (χ0v) is 16.5. The Bertz CT molecular complexity index is 1020. The van der Waals surface area contributed by atoms with Gasteiger partial charge in [-0.2, -0.15) is 0 Å². The lowest BCUT2D eigenvalue weighted by molar-refractivity contribution is 0.0565. The molecule has 3 aromatic rings. The molecule has 2 heterocycles. The predicted octanol–water partition coefficient (Wildman–Crippen LogP) is 5.06. The Labute approximate surface area is 167 Å². The molecule has 0 unspecified atom stereocenters. The van der Waals surface area contributed by atoms with Crippen LogP contribution in [0.3, 0.4) is 0 Å². The number of nitrogens with zero attached hydrogens (tertiary/aromatic N) is 3. The number of alkyl carbamates (subject to hydrolysis) is 1. The van der Waals surface area contributed by atoms with E-state index in [2.05, 4.69) is 15.3 Å². The van der Waals surface area contributed by atoms with Crippen molar-refractivity contribution in [2.24, 2.45) is 4.99 Å². The number of rotatable bonds is 4. The standard InChI is InChI=1S/C20H20ClFN4O2/c1-20(2,3)28-19(27)25-12-24-14-8-16(21)15(17(22)9-14)11-26-7-5-13-4-6-23-10-18(13)26/h4-10,12H,11H2,1-3H3,(H,24,25,27). The minimum absolute atomic E-state index is 0.246. The third kappa shape index (κ3) is 4.86. The number of hydrogen-bond donors (Lipinski definition) is 1. The van der Waals surface area contributed by atoms with Gasteiger partial charge in [-0.05, 0) is 45.0 Å². The van der Waals surface area contributed by atoms with Crippen molar-refractivity contribution >= 4 is 40.6 Å². The molecule has 0 aliphatic rings. The molecule has 0 spiro atoms. The number of nitrogens with one attached hydrogen (secondary N) is 1. The topological polar surface area (TPSA) is 68.5 Å². The van der Waals surface area contributed by atoms with E-state index >= 15 is 0 Å². The first-order valence-corrected chi connectivity index (χ1v) is 8.99. The van der Waals surface area contributed by atoms with E-state index in [0.717, 1.165) is 17.2 Å². The molecule has 0 bridgehead atoms. The summed E-state index contributed by atoms with van der Waals surface area (Å²) in [6.45, 7) is 5.52. The molecule has 0 saturated heterocycles. The highest BCUT2D eigenvalue weighted by Gasteiger charge is 2.15. The Kier molecular flexibility index (Phi) is 5.65. The van der Waals surface area contributed by atoms with Crippen LogP contribution in [0.25, 0.3) is 10.9 Å². The van der Waals surface area contributed by atoms with Gasteiger partial charge >= 0.3 is 6.09 Å². The maximum atomic E-state index is 14.6. The van der Waals surface area contributed by atoms with Gasteiger partial charge in [-0.1, -0.05) is 11.6 Å². The van der Waals surface area contributed by atoms with E-state index in [1.165, 1.54) is 12.1 Å². The van der Waals surface area contributed by atoms with E-state index in [1.54, 1.807) is 33.2 Å². The predicted molar refractivity (Wildman–Crippen MR) is 108 cm³/mol. The van der Waals surface area contributed by atoms with Crippen LogP contribution in [-0.4, -0.2) is 27.6 Å². The van der Waals surface area contributed by atoms with Crippen LogP contribution in [0, 0.1) is 5.82 Å². The summed E-state index contributed by atoms with van der Waals surface area (Å²) in [4.78, 5) is 19.7. The Balaban J connectivity index is 1.74. The Morgan fingerprint density at radius 1 is 1.39 bits per heavy atom. The molecular formula is C20H20ClFN4O2. The largest absolute Gasteiger partial charge is 0.444 e. The van der Waals surface area contributed by atoms with Gasteiger partial charge in [-0.3, -0.25) is 10.3 Å². The summed E-state index contributed by atoms with van der Waals surface area (Å²) < 4.78 is 21.6. The molecule has 8 heteroatoms. The van der Waals surface area contributed by atoms with Crippen molar-refractivity contribution in [3.8, 4) is 0 Å². The fourth-order valence-electron chi connectivity index (χ4n) is 2.62. The lowest BCUT2D eigenvalue weighted by Crippen LogP contribution is -2.31. The summed E-state index contributed by atoms with van der Waals surface area (Å²) >= 11 is 6.28. The maximum Gasteiger partial charge on any atom is 0.412 e. The van der Waals surface area contributed by atoms with Crippen LogP contribution in [-0.2, 0) is 11.3 Å². The van der Waals surface area contributed by atoms with Gasteiger partial charge in [0.1, 0.15) is 11.4 Å². The number of benzene rings is 1. The number of aliphatic imine (C=N–C) groups is 1. The monoisotopic (exact) mass is 402 g/mol. The molecule has 3 rings (SSSR count). The fraction of sp³-hybridized carbons (Fsp3) is 0.250. The lowest BCUT2D eigenvalue weighted by Gasteiger charge is -2.18. The smallest absolute Gasteiger partial charge is 0.412 e. The third-order valence-corrected chi connectivity index (χ3v) is 4.16. The number of carbonyl (C=O) groups excluding carboxylic acids is 1. The Morgan fingerprint density at radius 2 is 2.18 bits per heavy atom. The van der Waals surface area contributed by atoms with E-state index in [4.69, 9.17) is 16.3 Å². The quantitative estimate of drug-likeness (QED) is 0.489. The summed E-state index contributed by atoms with van der Waals surface area (Å²) in [5, 5.41) is 3.63. The molecule has 1 N–H and O–H groups in total. The number of fused-ring (bicyclic) bond motifs is 1. The molecule has 0 aliphatic carbocycles. The van der Waals surface area contributed by atoms with E-state index in [1.807, 2.05) is 22.9 Å².